The van der Waals surface area contributed by atoms with Crippen LogP contribution in [0.1, 0.15) is 76.8 Å². The van der Waals surface area contributed by atoms with Crippen molar-refractivity contribution in [3.63, 3.8) is 0 Å². The molecule has 2 aliphatic heterocycles. The molecule has 0 radical (unpaired) electrons. The minimum absolute atomic E-state index is 0.552. The zero-order valence-corrected chi connectivity index (χ0v) is 18.2. The number of piperidine rings is 2. The van der Waals surface area contributed by atoms with Crippen LogP contribution in [-0.2, 0) is 6.54 Å². The second kappa shape index (κ2) is 11.0. The van der Waals surface area contributed by atoms with Gasteiger partial charge in [0.25, 0.3) is 0 Å². The molecule has 3 atom stereocenters. The van der Waals surface area contributed by atoms with Crippen molar-refractivity contribution >= 4 is 6.21 Å². The molecule has 2 fully saturated rings. The summed E-state index contributed by atoms with van der Waals surface area (Å²) in [4.78, 5) is 2.66. The highest BCUT2D eigenvalue weighted by atomic mass is 15.5. The molecule has 2 aliphatic rings. The van der Waals surface area contributed by atoms with E-state index in [1.807, 2.05) is 6.21 Å². The van der Waals surface area contributed by atoms with Crippen molar-refractivity contribution in [2.75, 3.05) is 19.6 Å². The molecule has 1 aromatic carbocycles. The summed E-state index contributed by atoms with van der Waals surface area (Å²) in [5.41, 5.74) is 2.54. The van der Waals surface area contributed by atoms with E-state index in [1.54, 1.807) is 0 Å². The predicted molar refractivity (Wildman–Crippen MR) is 120 cm³/mol. The molecule has 0 aliphatic carbocycles. The number of rotatable bonds is 8. The highest BCUT2D eigenvalue weighted by molar-refractivity contribution is 5.79. The molecule has 4 nitrogen and oxygen atoms in total. The second-order valence-electron chi connectivity index (χ2n) is 8.91. The van der Waals surface area contributed by atoms with E-state index in [4.69, 9.17) is 5.10 Å². The van der Waals surface area contributed by atoms with E-state index >= 15 is 0 Å². The van der Waals surface area contributed by atoms with Crippen LogP contribution in [0.4, 0.5) is 0 Å². The van der Waals surface area contributed by atoms with Crippen molar-refractivity contribution in [1.82, 2.24) is 15.2 Å². The van der Waals surface area contributed by atoms with E-state index in [0.29, 0.717) is 12.1 Å². The molecule has 0 spiro atoms. The van der Waals surface area contributed by atoms with Gasteiger partial charge in [-0.05, 0) is 90.1 Å². The molecule has 0 bridgehead atoms. The maximum Gasteiger partial charge on any atom is 0.0543 e. The lowest BCUT2D eigenvalue weighted by Crippen LogP contribution is -2.39. The third-order valence-corrected chi connectivity index (χ3v) is 6.54. The van der Waals surface area contributed by atoms with E-state index in [9.17, 15) is 0 Å². The summed E-state index contributed by atoms with van der Waals surface area (Å²) < 4.78 is 0. The molecule has 4 heteroatoms. The fourth-order valence-corrected chi connectivity index (χ4v) is 4.62. The Morgan fingerprint density at radius 2 is 1.68 bits per heavy atom. The lowest BCUT2D eigenvalue weighted by Gasteiger charge is -2.36. The summed E-state index contributed by atoms with van der Waals surface area (Å²) in [5.74, 6) is 0. The molecule has 0 saturated carbocycles. The van der Waals surface area contributed by atoms with Crippen LogP contribution in [0.25, 0.3) is 0 Å². The Morgan fingerprint density at radius 1 is 0.964 bits per heavy atom. The lowest BCUT2D eigenvalue weighted by molar-refractivity contribution is 0.109. The van der Waals surface area contributed by atoms with Crippen LogP contribution in [-0.4, -0.2) is 53.9 Å². The van der Waals surface area contributed by atoms with E-state index in [2.05, 4.69) is 60.3 Å². The first kappa shape index (κ1) is 21.3. The molecule has 2 saturated heterocycles. The molecular weight excluding hydrogens is 344 g/mol. The average molecular weight is 385 g/mol. The number of nitrogens with zero attached hydrogens (tertiary/aromatic N) is 3. The van der Waals surface area contributed by atoms with E-state index in [1.165, 1.54) is 69.2 Å². The second-order valence-corrected chi connectivity index (χ2v) is 8.91. The van der Waals surface area contributed by atoms with Crippen LogP contribution >= 0.6 is 0 Å². The van der Waals surface area contributed by atoms with E-state index in [-0.39, 0.29) is 0 Å². The van der Waals surface area contributed by atoms with Gasteiger partial charge in [0.2, 0.25) is 0 Å². The zero-order chi connectivity index (χ0) is 19.8. The fourth-order valence-electron chi connectivity index (χ4n) is 4.62. The molecule has 156 valence electrons. The monoisotopic (exact) mass is 384 g/mol. The number of likely N-dealkylation sites (tertiary alicyclic amines) is 1. The minimum atomic E-state index is 0.552. The fraction of sp³-hybridized carbons (Fsp3) is 0.708. The summed E-state index contributed by atoms with van der Waals surface area (Å²) in [5, 5.41) is 10.7. The first-order chi connectivity index (χ1) is 13.6. The van der Waals surface area contributed by atoms with Crippen LogP contribution in [0.15, 0.2) is 29.4 Å². The molecule has 3 unspecified atom stereocenters. The highest BCUT2D eigenvalue weighted by Crippen LogP contribution is 2.22. The van der Waals surface area contributed by atoms with Gasteiger partial charge in [0.1, 0.15) is 0 Å². The zero-order valence-electron chi connectivity index (χ0n) is 18.2. The Morgan fingerprint density at radius 3 is 2.39 bits per heavy atom. The summed E-state index contributed by atoms with van der Waals surface area (Å²) in [6.45, 7) is 11.5. The van der Waals surface area contributed by atoms with Crippen molar-refractivity contribution in [2.24, 2.45) is 5.10 Å². The van der Waals surface area contributed by atoms with Crippen LogP contribution in [0, 0.1) is 0 Å². The Hall–Kier alpha value is -1.39. The average Bonchev–Trinajstić information content (AvgIpc) is 2.70. The van der Waals surface area contributed by atoms with Crippen LogP contribution in [0.2, 0.25) is 0 Å². The van der Waals surface area contributed by atoms with Crippen LogP contribution < -0.4 is 5.32 Å². The smallest absolute Gasteiger partial charge is 0.0543 e. The van der Waals surface area contributed by atoms with Gasteiger partial charge in [-0.3, -0.25) is 5.01 Å². The van der Waals surface area contributed by atoms with Gasteiger partial charge in [-0.25, -0.2) is 0 Å². The quantitative estimate of drug-likeness (QED) is 0.523. The van der Waals surface area contributed by atoms with Crippen molar-refractivity contribution in [2.45, 2.75) is 90.4 Å². The van der Waals surface area contributed by atoms with Gasteiger partial charge in [0.05, 0.1) is 6.21 Å². The minimum Gasteiger partial charge on any atom is -0.313 e. The Balaban J connectivity index is 1.36. The van der Waals surface area contributed by atoms with E-state index in [0.717, 1.165) is 19.1 Å². The van der Waals surface area contributed by atoms with Crippen molar-refractivity contribution in [1.29, 1.82) is 0 Å². The number of benzene rings is 1. The molecule has 3 rings (SSSR count). The van der Waals surface area contributed by atoms with Gasteiger partial charge in [0.15, 0.2) is 0 Å². The maximum absolute atomic E-state index is 4.77. The molecular formula is C24H40N4. The lowest BCUT2D eigenvalue weighted by atomic mass is 10.00. The molecule has 1 N–H and O–H groups in total. The molecule has 1 aromatic rings. The third-order valence-electron chi connectivity index (χ3n) is 6.54. The largest absolute Gasteiger partial charge is 0.313 e. The normalized spacial score (nSPS) is 26.8. The summed E-state index contributed by atoms with van der Waals surface area (Å²) in [7, 11) is 0. The van der Waals surface area contributed by atoms with Gasteiger partial charge in [-0.1, -0.05) is 30.7 Å². The Labute approximate surface area is 172 Å². The number of hydrogen-bond donors (Lipinski definition) is 1. The number of hydrogen-bond acceptors (Lipinski definition) is 4. The third kappa shape index (κ3) is 6.31. The van der Waals surface area contributed by atoms with Crippen molar-refractivity contribution in [3.05, 3.63) is 35.4 Å². The molecule has 0 aromatic heterocycles. The van der Waals surface area contributed by atoms with Crippen LogP contribution in [0.3, 0.4) is 0 Å². The van der Waals surface area contributed by atoms with Gasteiger partial charge in [-0.2, -0.15) is 5.10 Å². The summed E-state index contributed by atoms with van der Waals surface area (Å²) >= 11 is 0. The Bertz CT molecular complexity index is 587. The van der Waals surface area contributed by atoms with Gasteiger partial charge >= 0.3 is 0 Å². The van der Waals surface area contributed by atoms with Gasteiger partial charge < -0.3 is 10.2 Å². The topological polar surface area (TPSA) is 30.9 Å². The standard InChI is InChI=1S/C24H40N4/c1-20-8-4-5-16-27(20)17-7-15-25-18-23-11-13-24(14-12-23)19-26-28-21(2)9-6-10-22(28)3/h11-14,19-22,25H,4-10,15-18H2,1-3H3/b26-19+. The predicted octanol–water partition coefficient (Wildman–Crippen LogP) is 4.64. The highest BCUT2D eigenvalue weighted by Gasteiger charge is 2.22. The number of nitrogens with one attached hydrogen (secondary N) is 1. The van der Waals surface area contributed by atoms with Crippen molar-refractivity contribution in [3.8, 4) is 0 Å². The SMILES string of the molecule is CC1CCCCN1CCCNCc1ccc(/C=N/N2C(C)CCCC2C)cc1. The number of hydrazone groups is 1. The van der Waals surface area contributed by atoms with E-state index < -0.39 is 0 Å². The Kier molecular flexibility index (Phi) is 8.35. The van der Waals surface area contributed by atoms with Crippen LogP contribution in [0.5, 0.6) is 0 Å². The summed E-state index contributed by atoms with van der Waals surface area (Å²) in [6.07, 6.45) is 11.3. The first-order valence-corrected chi connectivity index (χ1v) is 11.5. The molecule has 2 heterocycles. The van der Waals surface area contributed by atoms with Gasteiger partial charge in [0, 0.05) is 24.7 Å². The molecule has 28 heavy (non-hydrogen) atoms. The summed E-state index contributed by atoms with van der Waals surface area (Å²) in [6, 6.07) is 10.7. The maximum atomic E-state index is 4.77. The first-order valence-electron chi connectivity index (χ1n) is 11.5. The van der Waals surface area contributed by atoms with Gasteiger partial charge in [-0.15, -0.1) is 0 Å². The van der Waals surface area contributed by atoms with Crippen molar-refractivity contribution < 1.29 is 0 Å². The molecule has 0 amide bonds.